The highest BCUT2D eigenvalue weighted by molar-refractivity contribution is 6.51. The summed E-state index contributed by atoms with van der Waals surface area (Å²) >= 11 is 0. The Hall–Kier alpha value is -2.64. The van der Waals surface area contributed by atoms with Gasteiger partial charge in [0, 0.05) is 19.2 Å². The summed E-state index contributed by atoms with van der Waals surface area (Å²) in [6.45, 7) is 1.30. The number of rotatable bonds is 2. The maximum atomic E-state index is 12.2. The highest BCUT2D eigenvalue weighted by atomic mass is 16.5. The molecule has 1 aromatic rings. The van der Waals surface area contributed by atoms with Crippen LogP contribution in [0.4, 0.5) is 11.5 Å². The number of methoxy groups -OCH3 is 1. The minimum absolute atomic E-state index is 0.0518. The number of nitrogens with zero attached hydrogens (tertiary/aromatic N) is 3. The van der Waals surface area contributed by atoms with E-state index in [-0.39, 0.29) is 40.6 Å². The molecule has 0 atom stereocenters. The molecule has 0 spiro atoms. The SMILES string of the molecule is COC1=CC(=Nc2c(N)n3n(c2=O)CCC3)C(=N)CC1=O. The van der Waals surface area contributed by atoms with Gasteiger partial charge in [-0.2, -0.15) is 0 Å². The number of ketones is 1. The molecule has 0 radical (unpaired) electrons. The molecule has 0 amide bonds. The molecule has 0 fully saturated rings. The van der Waals surface area contributed by atoms with Gasteiger partial charge in [0.25, 0.3) is 5.56 Å². The van der Waals surface area contributed by atoms with Crippen LogP contribution in [0.1, 0.15) is 12.8 Å². The first-order valence-corrected chi connectivity index (χ1v) is 6.57. The normalized spacial score (nSPS) is 19.9. The third kappa shape index (κ3) is 1.99. The van der Waals surface area contributed by atoms with Crippen molar-refractivity contribution in [2.24, 2.45) is 4.99 Å². The smallest absolute Gasteiger partial charge is 0.294 e. The first-order chi connectivity index (χ1) is 10.0. The van der Waals surface area contributed by atoms with E-state index in [1.54, 1.807) is 9.36 Å². The third-order valence-electron chi connectivity index (χ3n) is 3.63. The summed E-state index contributed by atoms with van der Waals surface area (Å²) in [4.78, 5) is 28.0. The fourth-order valence-electron chi connectivity index (χ4n) is 2.56. The minimum Gasteiger partial charge on any atom is -0.493 e. The number of carbonyl (C=O) groups excluding carboxylic acids is 1. The van der Waals surface area contributed by atoms with Crippen molar-refractivity contribution in [2.45, 2.75) is 25.9 Å². The Balaban J connectivity index is 2.11. The Morgan fingerprint density at radius 1 is 1.33 bits per heavy atom. The molecule has 0 unspecified atom stereocenters. The van der Waals surface area contributed by atoms with Gasteiger partial charge in [-0.3, -0.25) is 14.3 Å². The van der Waals surface area contributed by atoms with Crippen LogP contribution in [0.5, 0.6) is 0 Å². The van der Waals surface area contributed by atoms with Gasteiger partial charge < -0.3 is 15.9 Å². The second-order valence-corrected chi connectivity index (χ2v) is 4.93. The number of hydrogen-bond acceptors (Lipinski definition) is 6. The highest BCUT2D eigenvalue weighted by Gasteiger charge is 2.25. The van der Waals surface area contributed by atoms with Gasteiger partial charge in [-0.15, -0.1) is 0 Å². The summed E-state index contributed by atoms with van der Waals surface area (Å²) in [6.07, 6.45) is 2.15. The maximum Gasteiger partial charge on any atom is 0.294 e. The molecular formula is C13H15N5O3. The Labute approximate surface area is 120 Å². The largest absolute Gasteiger partial charge is 0.493 e. The summed E-state index contributed by atoms with van der Waals surface area (Å²) in [5.74, 6) is 0.155. The number of aromatic nitrogens is 2. The van der Waals surface area contributed by atoms with E-state index in [9.17, 15) is 9.59 Å². The molecule has 2 heterocycles. The van der Waals surface area contributed by atoms with Crippen LogP contribution in [0, 0.1) is 5.41 Å². The number of hydrogen-bond donors (Lipinski definition) is 2. The van der Waals surface area contributed by atoms with Crippen molar-refractivity contribution < 1.29 is 9.53 Å². The lowest BCUT2D eigenvalue weighted by Gasteiger charge is -2.13. The second-order valence-electron chi connectivity index (χ2n) is 4.93. The summed E-state index contributed by atoms with van der Waals surface area (Å²) in [5.41, 5.74) is 6.10. The van der Waals surface area contributed by atoms with E-state index >= 15 is 0 Å². The number of nitrogens with one attached hydrogen (secondary N) is 1. The zero-order valence-electron chi connectivity index (χ0n) is 11.5. The van der Waals surface area contributed by atoms with Gasteiger partial charge in [0.1, 0.15) is 0 Å². The van der Waals surface area contributed by atoms with Gasteiger partial charge in [0.2, 0.25) is 5.78 Å². The van der Waals surface area contributed by atoms with Crippen LogP contribution in [-0.2, 0) is 22.6 Å². The standard InChI is InChI=1S/C13H15N5O3/c1-21-10-6-8(7(14)5-9(10)19)16-11-12(15)17-3-2-4-18(17)13(11)20/h6,14H,2-5,15H2,1H3. The van der Waals surface area contributed by atoms with Gasteiger partial charge in [-0.25, -0.2) is 9.67 Å². The van der Waals surface area contributed by atoms with Gasteiger partial charge in [-0.1, -0.05) is 0 Å². The minimum atomic E-state index is -0.273. The predicted octanol–water partition coefficient (Wildman–Crippen LogP) is 0.231. The number of fused-ring (bicyclic) bond motifs is 1. The first-order valence-electron chi connectivity index (χ1n) is 6.57. The average molecular weight is 289 g/mol. The molecule has 1 aromatic heterocycles. The molecule has 8 heteroatoms. The van der Waals surface area contributed by atoms with Crippen molar-refractivity contribution >= 4 is 28.7 Å². The van der Waals surface area contributed by atoms with E-state index in [1.807, 2.05) is 0 Å². The molecule has 110 valence electrons. The van der Waals surface area contributed by atoms with Crippen LogP contribution in [-0.4, -0.2) is 33.7 Å². The summed E-state index contributed by atoms with van der Waals surface area (Å²) in [6, 6.07) is 0. The van der Waals surface area contributed by atoms with E-state index in [1.165, 1.54) is 13.2 Å². The number of nitrogen functional groups attached to an aromatic ring is 1. The lowest BCUT2D eigenvalue weighted by Crippen LogP contribution is -2.24. The van der Waals surface area contributed by atoms with Crippen LogP contribution in [0.25, 0.3) is 0 Å². The summed E-state index contributed by atoms with van der Waals surface area (Å²) in [7, 11) is 1.38. The van der Waals surface area contributed by atoms with Crippen LogP contribution < -0.4 is 11.3 Å². The van der Waals surface area contributed by atoms with Gasteiger partial charge in [-0.05, 0) is 6.42 Å². The van der Waals surface area contributed by atoms with Crippen LogP contribution in [0.2, 0.25) is 0 Å². The molecule has 0 saturated carbocycles. The second kappa shape index (κ2) is 4.72. The molecule has 1 aliphatic carbocycles. The van der Waals surface area contributed by atoms with Crippen molar-refractivity contribution in [2.75, 3.05) is 12.8 Å². The highest BCUT2D eigenvalue weighted by Crippen LogP contribution is 2.23. The Morgan fingerprint density at radius 3 is 2.71 bits per heavy atom. The Morgan fingerprint density at radius 2 is 2.05 bits per heavy atom. The number of carbonyl (C=O) groups is 1. The molecule has 8 nitrogen and oxygen atoms in total. The quantitative estimate of drug-likeness (QED) is 0.810. The monoisotopic (exact) mass is 289 g/mol. The molecule has 0 bridgehead atoms. The van der Waals surface area contributed by atoms with Gasteiger partial charge >= 0.3 is 0 Å². The van der Waals surface area contributed by atoms with Crippen LogP contribution in [0.3, 0.4) is 0 Å². The van der Waals surface area contributed by atoms with Crippen LogP contribution in [0.15, 0.2) is 21.6 Å². The number of aliphatic imine (C=N–C) groups is 1. The fourth-order valence-corrected chi connectivity index (χ4v) is 2.56. The summed E-state index contributed by atoms with van der Waals surface area (Å²) in [5, 5.41) is 7.84. The van der Waals surface area contributed by atoms with Gasteiger partial charge in [0.05, 0.1) is 25.0 Å². The summed E-state index contributed by atoms with van der Waals surface area (Å²) < 4.78 is 8.20. The van der Waals surface area contributed by atoms with Gasteiger partial charge in [0.15, 0.2) is 17.3 Å². The van der Waals surface area contributed by atoms with E-state index in [0.29, 0.717) is 18.9 Å². The Bertz CT molecular complexity index is 766. The zero-order chi connectivity index (χ0) is 15.1. The molecule has 1 aliphatic heterocycles. The van der Waals surface area contributed by atoms with Crippen molar-refractivity contribution in [3.8, 4) is 0 Å². The van der Waals surface area contributed by atoms with Crippen molar-refractivity contribution in [1.29, 1.82) is 5.41 Å². The number of nitrogens with two attached hydrogens (primary N) is 1. The lowest BCUT2D eigenvalue weighted by atomic mass is 10.0. The maximum absolute atomic E-state index is 12.2. The van der Waals surface area contributed by atoms with Crippen molar-refractivity contribution in [1.82, 2.24) is 9.36 Å². The number of anilines is 1. The van der Waals surface area contributed by atoms with Crippen LogP contribution >= 0.6 is 0 Å². The zero-order valence-corrected chi connectivity index (χ0v) is 11.5. The molecule has 0 saturated heterocycles. The predicted molar refractivity (Wildman–Crippen MR) is 77.3 cm³/mol. The molecular weight excluding hydrogens is 274 g/mol. The lowest BCUT2D eigenvalue weighted by molar-refractivity contribution is -0.117. The number of allylic oxidation sites excluding steroid dienone is 2. The number of ether oxygens (including phenoxy) is 1. The van der Waals surface area contributed by atoms with E-state index in [0.717, 1.165) is 6.42 Å². The third-order valence-corrected chi connectivity index (χ3v) is 3.63. The van der Waals surface area contributed by atoms with E-state index in [2.05, 4.69) is 4.99 Å². The molecule has 0 aromatic carbocycles. The fraction of sp³-hybridized carbons (Fsp3) is 0.385. The van der Waals surface area contributed by atoms with E-state index in [4.69, 9.17) is 15.9 Å². The average Bonchev–Trinajstić information content (AvgIpc) is 3.01. The first kappa shape index (κ1) is 13.3. The van der Waals surface area contributed by atoms with Crippen molar-refractivity contribution in [3.63, 3.8) is 0 Å². The molecule has 3 rings (SSSR count). The Kier molecular flexibility index (Phi) is 3.00. The van der Waals surface area contributed by atoms with Crippen molar-refractivity contribution in [3.05, 3.63) is 22.2 Å². The number of Topliss-reactive ketones (excluding diaryl/α,β-unsaturated/α-hetero) is 1. The van der Waals surface area contributed by atoms with E-state index < -0.39 is 0 Å². The topological polar surface area (TPSA) is 115 Å². The molecule has 3 N–H and O–H groups in total. The molecule has 2 aliphatic rings. The molecule has 21 heavy (non-hydrogen) atoms.